The number of nitrogens with zero attached hydrogens (tertiary/aromatic N) is 3. The first-order valence-electron chi connectivity index (χ1n) is 5.81. The van der Waals surface area contributed by atoms with Gasteiger partial charge in [-0.1, -0.05) is 0 Å². The average Bonchev–Trinajstić information content (AvgIpc) is 2.66. The summed E-state index contributed by atoms with van der Waals surface area (Å²) in [6.45, 7) is 6.55. The summed E-state index contributed by atoms with van der Waals surface area (Å²) in [5.41, 5.74) is 1.35. The minimum absolute atomic E-state index is 1.10. The molecule has 0 atom stereocenters. The predicted molar refractivity (Wildman–Crippen MR) is 76.4 cm³/mol. The number of fused-ring (bicyclic) bond motifs is 1. The Morgan fingerprint density at radius 3 is 2.71 bits per heavy atom. The Balaban J connectivity index is 2.14. The maximum absolute atomic E-state index is 4.52. The molecule has 3 heterocycles. The lowest BCUT2D eigenvalue weighted by atomic mass is 10.2. The maximum Gasteiger partial charge on any atom is 0.141 e. The number of thiophene rings is 1. The summed E-state index contributed by atoms with van der Waals surface area (Å²) in [4.78, 5) is 13.8. The van der Waals surface area contributed by atoms with E-state index in [1.54, 1.807) is 17.7 Å². The third kappa shape index (κ3) is 1.91. The number of aryl methyl sites for hydroxylation is 2. The van der Waals surface area contributed by atoms with Crippen LogP contribution in [0.2, 0.25) is 0 Å². The molecule has 0 amide bonds. The summed E-state index contributed by atoms with van der Waals surface area (Å²) < 4.78 is 0. The largest absolute Gasteiger partial charge is 0.354 e. The van der Waals surface area contributed by atoms with Gasteiger partial charge in [-0.15, -0.1) is 11.3 Å². The highest BCUT2D eigenvalue weighted by atomic mass is 32.2. The van der Waals surface area contributed by atoms with E-state index in [4.69, 9.17) is 0 Å². The number of rotatable bonds is 1. The van der Waals surface area contributed by atoms with E-state index in [9.17, 15) is 0 Å². The molecule has 0 bridgehead atoms. The van der Waals surface area contributed by atoms with Gasteiger partial charge in [0.15, 0.2) is 0 Å². The Labute approximate surface area is 109 Å². The molecule has 2 aromatic rings. The van der Waals surface area contributed by atoms with Gasteiger partial charge in [-0.2, -0.15) is 11.8 Å². The van der Waals surface area contributed by atoms with Crippen molar-refractivity contribution >= 4 is 39.1 Å². The van der Waals surface area contributed by atoms with Crippen LogP contribution in [0.15, 0.2) is 6.33 Å². The highest BCUT2D eigenvalue weighted by Crippen LogP contribution is 2.34. The van der Waals surface area contributed by atoms with E-state index in [-0.39, 0.29) is 0 Å². The van der Waals surface area contributed by atoms with Crippen molar-refractivity contribution in [2.45, 2.75) is 13.8 Å². The van der Waals surface area contributed by atoms with Crippen LogP contribution in [-0.2, 0) is 0 Å². The number of hydrogen-bond donors (Lipinski definition) is 0. The van der Waals surface area contributed by atoms with Gasteiger partial charge in [-0.3, -0.25) is 0 Å². The zero-order chi connectivity index (χ0) is 11.8. The molecule has 0 aromatic carbocycles. The van der Waals surface area contributed by atoms with Crippen LogP contribution < -0.4 is 4.90 Å². The second-order valence-electron chi connectivity index (χ2n) is 4.26. The molecule has 5 heteroatoms. The summed E-state index contributed by atoms with van der Waals surface area (Å²) in [7, 11) is 0. The zero-order valence-electron chi connectivity index (χ0n) is 10.1. The molecular weight excluding hydrogens is 250 g/mol. The van der Waals surface area contributed by atoms with Crippen molar-refractivity contribution in [1.29, 1.82) is 0 Å². The molecule has 0 radical (unpaired) electrons. The van der Waals surface area contributed by atoms with Crippen LogP contribution in [0.3, 0.4) is 0 Å². The van der Waals surface area contributed by atoms with E-state index in [1.165, 1.54) is 27.3 Å². The average molecular weight is 265 g/mol. The zero-order valence-corrected chi connectivity index (χ0v) is 11.7. The molecule has 17 heavy (non-hydrogen) atoms. The molecule has 1 saturated heterocycles. The number of aromatic nitrogens is 2. The summed E-state index contributed by atoms with van der Waals surface area (Å²) in [5.74, 6) is 3.54. The topological polar surface area (TPSA) is 29.0 Å². The lowest BCUT2D eigenvalue weighted by Crippen LogP contribution is -2.33. The van der Waals surface area contributed by atoms with E-state index >= 15 is 0 Å². The molecular formula is C12H15N3S2. The molecule has 90 valence electrons. The summed E-state index contributed by atoms with van der Waals surface area (Å²) in [5, 5.41) is 1.27. The van der Waals surface area contributed by atoms with Crippen molar-refractivity contribution in [2.75, 3.05) is 29.5 Å². The number of anilines is 1. The van der Waals surface area contributed by atoms with Crippen LogP contribution in [-0.4, -0.2) is 34.6 Å². The molecule has 3 nitrogen and oxygen atoms in total. The minimum Gasteiger partial charge on any atom is -0.354 e. The molecule has 0 spiro atoms. The van der Waals surface area contributed by atoms with Gasteiger partial charge in [-0.05, 0) is 19.4 Å². The van der Waals surface area contributed by atoms with Gasteiger partial charge in [0.2, 0.25) is 0 Å². The fraction of sp³-hybridized carbons (Fsp3) is 0.500. The summed E-state index contributed by atoms with van der Waals surface area (Å²) >= 11 is 3.80. The van der Waals surface area contributed by atoms with Gasteiger partial charge in [0.05, 0.1) is 5.39 Å². The lowest BCUT2D eigenvalue weighted by molar-refractivity contribution is 0.842. The van der Waals surface area contributed by atoms with E-state index in [2.05, 4.69) is 28.7 Å². The summed E-state index contributed by atoms with van der Waals surface area (Å²) in [6.07, 6.45) is 1.70. The van der Waals surface area contributed by atoms with Crippen molar-refractivity contribution in [3.63, 3.8) is 0 Å². The summed E-state index contributed by atoms with van der Waals surface area (Å²) in [6, 6.07) is 0. The van der Waals surface area contributed by atoms with E-state index in [0.717, 1.165) is 23.7 Å². The molecule has 1 fully saturated rings. The van der Waals surface area contributed by atoms with Crippen LogP contribution in [0.4, 0.5) is 5.82 Å². The monoisotopic (exact) mass is 265 g/mol. The van der Waals surface area contributed by atoms with E-state index < -0.39 is 0 Å². The van der Waals surface area contributed by atoms with Crippen molar-refractivity contribution in [3.05, 3.63) is 16.8 Å². The highest BCUT2D eigenvalue weighted by Gasteiger charge is 2.18. The third-order valence-corrected chi connectivity index (χ3v) is 5.31. The van der Waals surface area contributed by atoms with Crippen molar-refractivity contribution < 1.29 is 0 Å². The normalized spacial score (nSPS) is 16.7. The Bertz CT molecular complexity index is 544. The highest BCUT2D eigenvalue weighted by molar-refractivity contribution is 7.99. The Hall–Kier alpha value is -0.810. The standard InChI is InChI=1S/C12H15N3S2/c1-8-9(2)17-12-10(8)11(13-7-14-12)15-3-5-16-6-4-15/h7H,3-6H2,1-2H3. The Kier molecular flexibility index (Phi) is 2.96. The molecule has 1 aliphatic rings. The first-order valence-corrected chi connectivity index (χ1v) is 7.78. The second-order valence-corrected chi connectivity index (χ2v) is 6.69. The number of hydrogen-bond acceptors (Lipinski definition) is 5. The third-order valence-electron chi connectivity index (χ3n) is 3.26. The van der Waals surface area contributed by atoms with Crippen LogP contribution in [0, 0.1) is 13.8 Å². The number of thioether (sulfide) groups is 1. The van der Waals surface area contributed by atoms with Gasteiger partial charge >= 0.3 is 0 Å². The van der Waals surface area contributed by atoms with Gasteiger partial charge < -0.3 is 4.90 Å². The molecule has 2 aromatic heterocycles. The van der Waals surface area contributed by atoms with Crippen LogP contribution in [0.1, 0.15) is 10.4 Å². The van der Waals surface area contributed by atoms with Gasteiger partial charge in [0, 0.05) is 29.5 Å². The Morgan fingerprint density at radius 1 is 1.18 bits per heavy atom. The lowest BCUT2D eigenvalue weighted by Gasteiger charge is -2.27. The molecule has 3 rings (SSSR count). The molecule has 0 saturated carbocycles. The first-order chi connectivity index (χ1) is 8.27. The van der Waals surface area contributed by atoms with Gasteiger partial charge in [-0.25, -0.2) is 9.97 Å². The SMILES string of the molecule is Cc1sc2ncnc(N3CCSCC3)c2c1C. The molecule has 1 aliphatic heterocycles. The fourth-order valence-corrected chi connectivity index (χ4v) is 4.07. The van der Waals surface area contributed by atoms with Gasteiger partial charge in [0.25, 0.3) is 0 Å². The minimum atomic E-state index is 1.10. The van der Waals surface area contributed by atoms with Crippen LogP contribution >= 0.6 is 23.1 Å². The van der Waals surface area contributed by atoms with E-state index in [1.807, 2.05) is 11.8 Å². The van der Waals surface area contributed by atoms with Crippen molar-refractivity contribution in [1.82, 2.24) is 9.97 Å². The maximum atomic E-state index is 4.52. The predicted octanol–water partition coefficient (Wildman–Crippen LogP) is 2.86. The van der Waals surface area contributed by atoms with Crippen LogP contribution in [0.25, 0.3) is 10.2 Å². The van der Waals surface area contributed by atoms with E-state index in [0.29, 0.717) is 0 Å². The van der Waals surface area contributed by atoms with Gasteiger partial charge in [0.1, 0.15) is 17.0 Å². The smallest absolute Gasteiger partial charge is 0.141 e. The quantitative estimate of drug-likeness (QED) is 0.793. The second kappa shape index (κ2) is 4.46. The molecule has 0 aliphatic carbocycles. The first kappa shape index (κ1) is 11.3. The molecule has 0 N–H and O–H groups in total. The van der Waals surface area contributed by atoms with Crippen LogP contribution in [0.5, 0.6) is 0 Å². The Morgan fingerprint density at radius 2 is 1.94 bits per heavy atom. The van der Waals surface area contributed by atoms with Crippen molar-refractivity contribution in [3.8, 4) is 0 Å². The fourth-order valence-electron chi connectivity index (χ4n) is 2.18. The van der Waals surface area contributed by atoms with Crippen molar-refractivity contribution in [2.24, 2.45) is 0 Å². The molecule has 0 unspecified atom stereocenters.